The first-order valence-corrected chi connectivity index (χ1v) is 9.09. The number of ether oxygens (including phenoxy) is 3. The number of fused-ring (bicyclic) bond motifs is 1. The normalized spacial score (nSPS) is 12.4. The van der Waals surface area contributed by atoms with E-state index in [0.29, 0.717) is 29.5 Å². The number of aromatic amines is 1. The Morgan fingerprint density at radius 3 is 2.90 bits per heavy atom. The molecule has 8 nitrogen and oxygen atoms in total. The number of nitrogens with zero attached hydrogens (tertiary/aromatic N) is 2. The van der Waals surface area contributed by atoms with Crippen LogP contribution in [-0.2, 0) is 6.54 Å². The highest BCUT2D eigenvalue weighted by atomic mass is 32.1. The van der Waals surface area contributed by atoms with Crippen LogP contribution in [0.4, 0.5) is 0 Å². The summed E-state index contributed by atoms with van der Waals surface area (Å²) in [6, 6.07) is 12.5. The molecule has 0 aliphatic carbocycles. The summed E-state index contributed by atoms with van der Waals surface area (Å²) in [6.45, 7) is 0.488. The monoisotopic (exact) mass is 411 g/mol. The van der Waals surface area contributed by atoms with Crippen molar-refractivity contribution in [2.75, 3.05) is 13.9 Å². The van der Waals surface area contributed by atoms with Crippen molar-refractivity contribution < 1.29 is 19.3 Å². The van der Waals surface area contributed by atoms with Crippen LogP contribution in [0.3, 0.4) is 0 Å². The molecule has 0 radical (unpaired) electrons. The lowest BCUT2D eigenvalue weighted by Crippen LogP contribution is -2.18. The minimum absolute atomic E-state index is 0.00903. The fourth-order valence-corrected chi connectivity index (χ4v) is 3.25. The van der Waals surface area contributed by atoms with Gasteiger partial charge in [0.05, 0.1) is 19.3 Å². The zero-order chi connectivity index (χ0) is 20.4. The van der Waals surface area contributed by atoms with E-state index in [4.69, 9.17) is 26.4 Å². The third-order valence-electron chi connectivity index (χ3n) is 4.38. The van der Waals surface area contributed by atoms with Gasteiger partial charge < -0.3 is 19.3 Å². The predicted molar refractivity (Wildman–Crippen MR) is 109 cm³/mol. The number of hydrogen-bond acceptors (Lipinski definition) is 7. The van der Waals surface area contributed by atoms with E-state index < -0.39 is 5.56 Å². The molecule has 0 saturated heterocycles. The Balaban J connectivity index is 1.68. The zero-order valence-corrected chi connectivity index (χ0v) is 16.2. The average molecular weight is 411 g/mol. The number of aromatic nitrogens is 2. The molecule has 0 atom stereocenters. The Bertz CT molecular complexity index is 1220. The summed E-state index contributed by atoms with van der Waals surface area (Å²) in [5.41, 5.74) is 0.830. The fourth-order valence-electron chi connectivity index (χ4n) is 2.97. The molecule has 9 heteroatoms. The molecule has 29 heavy (non-hydrogen) atoms. The molecule has 1 aliphatic rings. The number of hydrogen-bond donors (Lipinski definition) is 2. The number of aliphatic imine (C=N–C) groups is 1. The third kappa shape index (κ3) is 3.59. The van der Waals surface area contributed by atoms with E-state index in [-0.39, 0.29) is 23.0 Å². The Kier molecular flexibility index (Phi) is 5.05. The van der Waals surface area contributed by atoms with Gasteiger partial charge in [-0.3, -0.25) is 19.3 Å². The summed E-state index contributed by atoms with van der Waals surface area (Å²) < 4.78 is 17.3. The van der Waals surface area contributed by atoms with Gasteiger partial charge in [0.1, 0.15) is 11.3 Å². The van der Waals surface area contributed by atoms with Gasteiger partial charge in [0.2, 0.25) is 12.7 Å². The maximum Gasteiger partial charge on any atom is 0.264 e. The number of nitrogens with one attached hydrogen (secondary N) is 1. The van der Waals surface area contributed by atoms with Gasteiger partial charge in [0.25, 0.3) is 5.56 Å². The zero-order valence-electron chi connectivity index (χ0n) is 15.4. The highest BCUT2D eigenvalue weighted by molar-refractivity contribution is 7.71. The van der Waals surface area contributed by atoms with Crippen LogP contribution in [-0.4, -0.2) is 34.8 Å². The number of aromatic hydroxyl groups is 1. The third-order valence-corrected chi connectivity index (χ3v) is 4.66. The Hall–Kier alpha value is -3.59. The number of methoxy groups -OCH3 is 1. The highest BCUT2D eigenvalue weighted by Gasteiger charge is 2.16. The molecule has 4 rings (SSSR count). The second-order valence-electron chi connectivity index (χ2n) is 6.16. The number of rotatable bonds is 5. The van der Waals surface area contributed by atoms with Gasteiger partial charge in [-0.2, -0.15) is 0 Å². The molecular formula is C20H17N3O5S. The molecule has 148 valence electrons. The number of para-hydroxylation sites is 2. The number of H-pyrrole nitrogens is 1. The van der Waals surface area contributed by atoms with E-state index >= 15 is 0 Å². The lowest BCUT2D eigenvalue weighted by atomic mass is 10.2. The quantitative estimate of drug-likeness (QED) is 0.495. The van der Waals surface area contributed by atoms with E-state index in [9.17, 15) is 9.90 Å². The summed E-state index contributed by atoms with van der Waals surface area (Å²) in [5.74, 6) is 1.51. The molecule has 0 fully saturated rings. The highest BCUT2D eigenvalue weighted by Crippen LogP contribution is 2.32. The Labute approximate surface area is 170 Å². The van der Waals surface area contributed by atoms with Gasteiger partial charge in [-0.25, -0.2) is 0 Å². The van der Waals surface area contributed by atoms with Crippen molar-refractivity contribution in [3.8, 4) is 28.8 Å². The van der Waals surface area contributed by atoms with Gasteiger partial charge in [-0.15, -0.1) is 0 Å². The maximum atomic E-state index is 12.3. The smallest absolute Gasteiger partial charge is 0.264 e. The molecule has 2 aromatic carbocycles. The Morgan fingerprint density at radius 1 is 1.28 bits per heavy atom. The standard InChI is InChI=1S/C20H17N3O5S/c1-26-15-5-3-2-4-14(15)23-19(25)13(18(24)22-20(23)29)10-21-9-12-6-7-16-17(8-12)28-11-27-16/h2-8,10,25H,9,11H2,1H3,(H,22,24,29). The van der Waals surface area contributed by atoms with Crippen LogP contribution >= 0.6 is 12.2 Å². The number of benzene rings is 2. The molecule has 0 bridgehead atoms. The molecule has 0 spiro atoms. The van der Waals surface area contributed by atoms with E-state index in [2.05, 4.69) is 9.98 Å². The van der Waals surface area contributed by atoms with Crippen molar-refractivity contribution >= 4 is 18.4 Å². The predicted octanol–water partition coefficient (Wildman–Crippen LogP) is 2.96. The lowest BCUT2D eigenvalue weighted by molar-refractivity contribution is 0.174. The van der Waals surface area contributed by atoms with Gasteiger partial charge in [-0.1, -0.05) is 18.2 Å². The van der Waals surface area contributed by atoms with Crippen molar-refractivity contribution in [1.82, 2.24) is 9.55 Å². The van der Waals surface area contributed by atoms with Gasteiger partial charge in [0, 0.05) is 6.21 Å². The Morgan fingerprint density at radius 2 is 2.07 bits per heavy atom. The van der Waals surface area contributed by atoms with E-state index in [1.54, 1.807) is 30.3 Å². The molecule has 2 N–H and O–H groups in total. The van der Waals surface area contributed by atoms with Gasteiger partial charge >= 0.3 is 0 Å². The molecule has 0 amide bonds. The van der Waals surface area contributed by atoms with Crippen LogP contribution in [0.25, 0.3) is 5.69 Å². The summed E-state index contributed by atoms with van der Waals surface area (Å²) in [5, 5.41) is 10.7. The molecule has 0 saturated carbocycles. The summed E-state index contributed by atoms with van der Waals surface area (Å²) in [4.78, 5) is 19.2. The first-order chi connectivity index (χ1) is 14.1. The molecule has 2 heterocycles. The van der Waals surface area contributed by atoms with Gasteiger partial charge in [0.15, 0.2) is 16.3 Å². The topological polar surface area (TPSA) is 98.1 Å². The maximum absolute atomic E-state index is 12.3. The van der Waals surface area contributed by atoms with Crippen LogP contribution in [0.15, 0.2) is 52.3 Å². The SMILES string of the molecule is COc1ccccc1-n1c(O)c(C=NCc2ccc3c(c2)OCO3)c(=O)[nH]c1=S. The van der Waals surface area contributed by atoms with E-state index in [0.717, 1.165) is 5.56 Å². The largest absolute Gasteiger partial charge is 0.495 e. The van der Waals surface area contributed by atoms with Crippen molar-refractivity contribution in [2.24, 2.45) is 4.99 Å². The first-order valence-electron chi connectivity index (χ1n) is 8.68. The van der Waals surface area contributed by atoms with Crippen molar-refractivity contribution in [1.29, 1.82) is 0 Å². The summed E-state index contributed by atoms with van der Waals surface area (Å²) in [7, 11) is 1.51. The van der Waals surface area contributed by atoms with Crippen LogP contribution in [0, 0.1) is 4.77 Å². The lowest BCUT2D eigenvalue weighted by Gasteiger charge is -2.14. The second kappa shape index (κ2) is 7.80. The van der Waals surface area contributed by atoms with Crippen molar-refractivity contribution in [3.05, 3.63) is 68.7 Å². The molecule has 1 aromatic heterocycles. The molecule has 3 aromatic rings. The first kappa shape index (κ1) is 18.8. The molecule has 1 aliphatic heterocycles. The van der Waals surface area contributed by atoms with Crippen molar-refractivity contribution in [2.45, 2.75) is 6.54 Å². The van der Waals surface area contributed by atoms with Crippen LogP contribution in [0.1, 0.15) is 11.1 Å². The van der Waals surface area contributed by atoms with Crippen LogP contribution in [0.2, 0.25) is 0 Å². The minimum Gasteiger partial charge on any atom is -0.495 e. The van der Waals surface area contributed by atoms with Crippen molar-refractivity contribution in [3.63, 3.8) is 0 Å². The molecule has 0 unspecified atom stereocenters. The van der Waals surface area contributed by atoms with E-state index in [1.165, 1.54) is 17.9 Å². The van der Waals surface area contributed by atoms with Crippen LogP contribution in [0.5, 0.6) is 23.1 Å². The minimum atomic E-state index is -0.534. The van der Waals surface area contributed by atoms with Gasteiger partial charge in [-0.05, 0) is 42.0 Å². The average Bonchev–Trinajstić information content (AvgIpc) is 3.18. The fraction of sp³-hybridized carbons (Fsp3) is 0.150. The van der Waals surface area contributed by atoms with Crippen LogP contribution < -0.4 is 19.8 Å². The summed E-state index contributed by atoms with van der Waals surface area (Å²) >= 11 is 5.23. The second-order valence-corrected chi connectivity index (χ2v) is 6.55. The summed E-state index contributed by atoms with van der Waals surface area (Å²) in [6.07, 6.45) is 1.32. The molecular weight excluding hydrogens is 394 g/mol. The van der Waals surface area contributed by atoms with E-state index in [1.807, 2.05) is 12.1 Å².